The van der Waals surface area contributed by atoms with Crippen molar-refractivity contribution in [3.8, 4) is 0 Å². The standard InChI is InChI=1S/2C8H10.C7H13NO.C5H13N.3C5H12.C4H11N.C3H8O.C2H6.3CH5N.11CH2O.6H3N/c2*1-2-8-6-4-3-5-7-8;1-7(9)8-5-3-2-4-6-8;1-2-3-4-5-6;3*1-4-5(2)3;1-2-3-4-5;1-3(2)4;15*1-2;;;;;;/h2*3-7H,2H2,1H3;2-6H2,1H3;2-6H2,1H3;3*5H,4H2,1-3H3;2-5H2,1H3;3-4H,1-2H3;1-2H3;3*2H2,1H3;11*1H2;6*1H3. The van der Waals surface area contributed by atoms with Gasteiger partial charge in [-0.15, -0.1) is 0 Å². The van der Waals surface area contributed by atoms with Gasteiger partial charge in [0, 0.05) is 26.1 Å². The molecule has 1 fully saturated rings. The number of hydrogen-bond acceptors (Lipinski definition) is 24. The van der Waals surface area contributed by atoms with Gasteiger partial charge in [-0.2, -0.15) is 0 Å². The number of aliphatic hydroxyl groups excluding tert-OH is 1. The predicted octanol–water partition coefficient (Wildman–Crippen LogP) is 12.6. The highest BCUT2D eigenvalue weighted by Crippen LogP contribution is 2.07. The van der Waals surface area contributed by atoms with Gasteiger partial charge in [0.15, 0.2) is 0 Å². The summed E-state index contributed by atoms with van der Waals surface area (Å²) < 4.78 is 0. The van der Waals surface area contributed by atoms with Gasteiger partial charge in [-0.05, 0) is 122 Å². The van der Waals surface area contributed by atoms with Crippen molar-refractivity contribution in [2.45, 2.75) is 214 Å². The SMILES string of the molecule is C=O.C=O.C=O.C=O.C=O.C=O.C=O.C=O.C=O.C=O.C=O.CC.CC(=O)N1CCCCC1.CC(C)O.CCC(C)C.CCC(C)C.CCC(C)C.CCCCCN.CCCCN.CCc1ccccc1.CCc1ccccc1.CN.CN.CN.N.N.N.N.N.N. The second kappa shape index (κ2) is 286. The first-order chi connectivity index (χ1) is 41.0. The summed E-state index contributed by atoms with van der Waals surface area (Å²) in [6.45, 7) is 63.3. The van der Waals surface area contributed by atoms with Gasteiger partial charge in [-0.25, -0.2) is 0 Å². The van der Waals surface area contributed by atoms with Crippen LogP contribution < -0.4 is 65.6 Å². The Morgan fingerprint density at radius 3 is 0.648 bits per heavy atom. The summed E-state index contributed by atoms with van der Waals surface area (Å²) in [6, 6.07) is 20.9. The second-order valence-corrected chi connectivity index (χ2v) is 15.4. The zero-order valence-corrected chi connectivity index (χ0v) is 63.3. The molecule has 0 unspecified atom stereocenters. The first-order valence-electron chi connectivity index (χ1n) is 28.4. The molecule has 25 heteroatoms. The molecule has 91 heavy (non-hydrogen) atoms. The van der Waals surface area contributed by atoms with Crippen LogP contribution in [0.15, 0.2) is 60.7 Å². The van der Waals surface area contributed by atoms with Crippen LogP contribution in [-0.2, 0) is 70.4 Å². The van der Waals surface area contributed by atoms with E-state index >= 15 is 0 Å². The van der Waals surface area contributed by atoms with Gasteiger partial charge in [0.05, 0.1) is 0 Å². The Morgan fingerprint density at radius 2 is 0.571 bits per heavy atom. The predicted molar refractivity (Wildman–Crippen MR) is 403 cm³/mol. The van der Waals surface area contributed by atoms with Crippen molar-refractivity contribution in [1.82, 2.24) is 41.8 Å². The molecule has 0 saturated carbocycles. The van der Waals surface area contributed by atoms with E-state index in [0.29, 0.717) is 0 Å². The number of unbranched alkanes of at least 4 members (excludes halogenated alkanes) is 3. The number of benzene rings is 2. The van der Waals surface area contributed by atoms with Gasteiger partial charge in [0.25, 0.3) is 0 Å². The first-order valence-corrected chi connectivity index (χ1v) is 28.4. The van der Waals surface area contributed by atoms with E-state index in [1.54, 1.807) is 20.8 Å². The van der Waals surface area contributed by atoms with E-state index in [1.807, 2.05) is 106 Å². The lowest BCUT2D eigenvalue weighted by Crippen LogP contribution is -2.33. The maximum absolute atomic E-state index is 10.7. The highest BCUT2D eigenvalue weighted by molar-refractivity contribution is 5.73. The maximum atomic E-state index is 10.7. The van der Waals surface area contributed by atoms with Gasteiger partial charge in [0.1, 0.15) is 74.7 Å². The van der Waals surface area contributed by atoms with Crippen LogP contribution in [-0.4, -0.2) is 144 Å². The van der Waals surface area contributed by atoms with Crippen molar-refractivity contribution in [3.05, 3.63) is 71.8 Å². The summed E-state index contributed by atoms with van der Waals surface area (Å²) in [5.74, 6) is 2.88. The van der Waals surface area contributed by atoms with Gasteiger partial charge >= 0.3 is 0 Å². The molecule has 1 aliphatic heterocycles. The molecular formula is C66H162N12O13. The molecule has 0 atom stereocenters. The molecule has 25 nitrogen and oxygen atoms in total. The molecule has 2 aromatic rings. The number of nitrogens with zero attached hydrogens (tertiary/aromatic N) is 1. The van der Waals surface area contributed by atoms with Gasteiger partial charge in [-0.1, -0.05) is 203 Å². The minimum Gasteiger partial charge on any atom is -0.394 e. The average Bonchev–Trinajstić information content (AvgIpc) is 3.60. The normalized spacial score (nSPS) is 7.35. The summed E-state index contributed by atoms with van der Waals surface area (Å²) in [6.07, 6.45) is 15.9. The van der Waals surface area contributed by atoms with Gasteiger partial charge in [-0.3, -0.25) is 4.79 Å². The van der Waals surface area contributed by atoms with E-state index in [1.165, 1.54) is 103 Å². The monoisotopic (exact) mass is 1330 g/mol. The molecule has 0 aromatic heterocycles. The van der Waals surface area contributed by atoms with Crippen LogP contribution in [0, 0.1) is 17.8 Å². The zero-order valence-electron chi connectivity index (χ0n) is 63.3. The number of hydrogen-bond donors (Lipinski definition) is 12. The third-order valence-electron chi connectivity index (χ3n) is 8.12. The molecule has 1 saturated heterocycles. The number of nitrogens with two attached hydrogens (primary N) is 5. The highest BCUT2D eigenvalue weighted by atomic mass is 16.3. The Kier molecular flexibility index (Phi) is 561. The number of carbonyl (C=O) groups excluding carboxylic acids is 12. The topological polar surface area (TPSA) is 568 Å². The molecule has 2 aromatic carbocycles. The number of likely N-dealkylation sites (tertiary alicyclic amines) is 1. The van der Waals surface area contributed by atoms with E-state index in [2.05, 4.69) is 156 Å². The number of carbonyl (C=O) groups is 12. The lowest BCUT2D eigenvalue weighted by Gasteiger charge is -2.24. The van der Waals surface area contributed by atoms with Crippen molar-refractivity contribution in [1.29, 1.82) is 0 Å². The number of rotatable bonds is 10. The molecule has 3 rings (SSSR count). The maximum Gasteiger partial charge on any atom is 0.219 e. The lowest BCUT2D eigenvalue weighted by atomic mass is 10.1. The summed E-state index contributed by atoms with van der Waals surface area (Å²) in [7, 11) is 4.50. The smallest absolute Gasteiger partial charge is 0.219 e. The molecule has 29 N–H and O–H groups in total. The minimum absolute atomic E-state index is 0. The van der Waals surface area contributed by atoms with Gasteiger partial charge in [0.2, 0.25) is 5.91 Å². The van der Waals surface area contributed by atoms with Crippen molar-refractivity contribution < 1.29 is 62.6 Å². The number of aliphatic hydroxyl groups is 1. The third-order valence-corrected chi connectivity index (χ3v) is 8.12. The Labute approximate surface area is 562 Å². The van der Waals surface area contributed by atoms with Crippen LogP contribution in [0.25, 0.3) is 0 Å². The summed E-state index contributed by atoms with van der Waals surface area (Å²) in [5, 5.41) is 8.06. The lowest BCUT2D eigenvalue weighted by molar-refractivity contribution is -0.129. The summed E-state index contributed by atoms with van der Waals surface area (Å²) in [5.41, 5.74) is 26.7. The molecule has 1 aliphatic rings. The highest BCUT2D eigenvalue weighted by Gasteiger charge is 2.11. The van der Waals surface area contributed by atoms with Crippen molar-refractivity contribution in [2.75, 3.05) is 47.3 Å². The molecule has 564 valence electrons. The van der Waals surface area contributed by atoms with Crippen molar-refractivity contribution >= 4 is 80.6 Å². The van der Waals surface area contributed by atoms with E-state index in [4.69, 9.17) is 69.3 Å². The Balaban J connectivity index is -0.0000000192. The largest absolute Gasteiger partial charge is 0.394 e. The molecule has 0 spiro atoms. The molecule has 0 aliphatic carbocycles. The number of amides is 1. The fourth-order valence-electron chi connectivity index (χ4n) is 3.23. The molecular weight excluding hydrogens is 1170 g/mol. The van der Waals surface area contributed by atoms with Crippen LogP contribution >= 0.6 is 0 Å². The summed E-state index contributed by atoms with van der Waals surface area (Å²) in [4.78, 5) is 101. The first kappa shape index (κ1) is 178. The second-order valence-electron chi connectivity index (χ2n) is 15.4. The third kappa shape index (κ3) is 414. The summed E-state index contributed by atoms with van der Waals surface area (Å²) >= 11 is 0. The average molecular weight is 1330 g/mol. The number of piperidine rings is 1. The molecule has 1 amide bonds. The Hall–Kier alpha value is -6.20. The van der Waals surface area contributed by atoms with E-state index in [-0.39, 0.29) is 48.9 Å². The van der Waals surface area contributed by atoms with Crippen molar-refractivity contribution in [2.24, 2.45) is 46.4 Å². The Bertz CT molecular complexity index is 1030. The molecule has 0 bridgehead atoms. The van der Waals surface area contributed by atoms with E-state index < -0.39 is 0 Å². The zero-order chi connectivity index (χ0) is 73.7. The van der Waals surface area contributed by atoms with E-state index in [0.717, 1.165) is 56.8 Å². The quantitative estimate of drug-likeness (QED) is 0.0983. The Morgan fingerprint density at radius 1 is 0.396 bits per heavy atom. The van der Waals surface area contributed by atoms with Crippen LogP contribution in [0.1, 0.15) is 206 Å². The van der Waals surface area contributed by atoms with Crippen LogP contribution in [0.5, 0.6) is 0 Å². The van der Waals surface area contributed by atoms with E-state index in [9.17, 15) is 4.79 Å². The minimum atomic E-state index is -0.167. The molecule has 1 heterocycles. The molecule has 0 radical (unpaired) electrons. The van der Waals surface area contributed by atoms with Crippen LogP contribution in [0.2, 0.25) is 0 Å². The fourth-order valence-corrected chi connectivity index (χ4v) is 3.23. The van der Waals surface area contributed by atoms with Crippen molar-refractivity contribution in [3.63, 3.8) is 0 Å². The fraction of sp³-hybridized carbons (Fsp3) is 0.636. The number of aryl methyl sites for hydroxylation is 2. The van der Waals surface area contributed by atoms with Crippen LogP contribution in [0.3, 0.4) is 0 Å². The van der Waals surface area contributed by atoms with Crippen LogP contribution in [0.4, 0.5) is 0 Å². The van der Waals surface area contributed by atoms with Gasteiger partial charge < -0.3 is 128 Å².